The second-order valence-corrected chi connectivity index (χ2v) is 5.51. The topological polar surface area (TPSA) is 34.4 Å². The van der Waals surface area contributed by atoms with E-state index >= 15 is 0 Å². The van der Waals surface area contributed by atoms with E-state index in [1.54, 1.807) is 0 Å². The number of benzene rings is 1. The number of rotatable bonds is 7. The molecule has 0 fully saturated rings. The van der Waals surface area contributed by atoms with Crippen LogP contribution in [-0.4, -0.2) is 6.54 Å². The van der Waals surface area contributed by atoms with Crippen LogP contribution < -0.4 is 5.32 Å². The van der Waals surface area contributed by atoms with Gasteiger partial charge < -0.3 is 14.5 Å². The van der Waals surface area contributed by atoms with E-state index in [9.17, 15) is 0 Å². The molecule has 0 unspecified atom stereocenters. The molecule has 0 atom stereocenters. The highest BCUT2D eigenvalue weighted by atomic mass is 79.9. The highest BCUT2D eigenvalue weighted by Gasteiger charge is 2.07. The molecular weight excluding hydrogens is 318 g/mol. The molecule has 1 N–H and O–H groups in total. The van der Waals surface area contributed by atoms with Gasteiger partial charge in [-0.2, -0.15) is 0 Å². The fraction of sp³-hybridized carbons (Fsp3) is 0.375. The van der Waals surface area contributed by atoms with Gasteiger partial charge in [0.25, 0.3) is 0 Å². The molecule has 1 heterocycles. The van der Waals surface area contributed by atoms with Crippen molar-refractivity contribution in [2.75, 3.05) is 6.54 Å². The van der Waals surface area contributed by atoms with Crippen LogP contribution in [0.5, 0.6) is 0 Å². The number of hydrogen-bond donors (Lipinski definition) is 1. The average Bonchev–Trinajstić information content (AvgIpc) is 2.79. The highest BCUT2D eigenvalue weighted by molar-refractivity contribution is 9.10. The summed E-state index contributed by atoms with van der Waals surface area (Å²) >= 11 is 3.52. The van der Waals surface area contributed by atoms with Crippen molar-refractivity contribution in [3.63, 3.8) is 0 Å². The van der Waals surface area contributed by atoms with Gasteiger partial charge in [0.1, 0.15) is 18.1 Å². The van der Waals surface area contributed by atoms with Crippen LogP contribution in [0.2, 0.25) is 0 Å². The maximum atomic E-state index is 5.72. The summed E-state index contributed by atoms with van der Waals surface area (Å²) in [6.45, 7) is 6.95. The lowest BCUT2D eigenvalue weighted by Gasteiger charge is -2.04. The molecule has 2 rings (SSSR count). The van der Waals surface area contributed by atoms with Gasteiger partial charge >= 0.3 is 0 Å². The van der Waals surface area contributed by atoms with Crippen molar-refractivity contribution in [3.8, 4) is 0 Å². The second kappa shape index (κ2) is 7.62. The Kier molecular flexibility index (Phi) is 5.83. The molecule has 0 aliphatic heterocycles. The van der Waals surface area contributed by atoms with Crippen LogP contribution in [0.3, 0.4) is 0 Å². The van der Waals surface area contributed by atoms with Gasteiger partial charge in [0, 0.05) is 16.6 Å². The summed E-state index contributed by atoms with van der Waals surface area (Å²) in [5.41, 5.74) is 2.34. The molecule has 4 heteroatoms. The van der Waals surface area contributed by atoms with Crippen LogP contribution in [0.25, 0.3) is 0 Å². The van der Waals surface area contributed by atoms with E-state index in [0.29, 0.717) is 13.2 Å². The quantitative estimate of drug-likeness (QED) is 0.823. The first-order valence-electron chi connectivity index (χ1n) is 6.80. The lowest BCUT2D eigenvalue weighted by Crippen LogP contribution is -2.11. The molecule has 20 heavy (non-hydrogen) atoms. The molecule has 0 spiro atoms. The maximum Gasteiger partial charge on any atom is 0.130 e. The molecule has 108 valence electrons. The molecule has 0 bridgehead atoms. The van der Waals surface area contributed by atoms with E-state index in [2.05, 4.69) is 34.2 Å². The van der Waals surface area contributed by atoms with Crippen molar-refractivity contribution in [2.45, 2.75) is 33.6 Å². The summed E-state index contributed by atoms with van der Waals surface area (Å²) in [4.78, 5) is 0. The number of halogens is 1. The number of hydrogen-bond acceptors (Lipinski definition) is 3. The van der Waals surface area contributed by atoms with Gasteiger partial charge in [0.05, 0.1) is 6.61 Å². The van der Waals surface area contributed by atoms with Gasteiger partial charge in [-0.25, -0.2) is 0 Å². The number of furan rings is 1. The zero-order valence-corrected chi connectivity index (χ0v) is 13.5. The first-order chi connectivity index (χ1) is 9.70. The van der Waals surface area contributed by atoms with Crippen molar-refractivity contribution < 1.29 is 9.15 Å². The average molecular weight is 338 g/mol. The molecule has 0 amide bonds. The Morgan fingerprint density at radius 1 is 1.20 bits per heavy atom. The van der Waals surface area contributed by atoms with Gasteiger partial charge in [-0.05, 0) is 31.2 Å². The van der Waals surface area contributed by atoms with E-state index in [1.807, 2.05) is 31.2 Å². The largest absolute Gasteiger partial charge is 0.464 e. The third kappa shape index (κ3) is 4.20. The van der Waals surface area contributed by atoms with E-state index in [-0.39, 0.29) is 0 Å². The third-order valence-corrected chi connectivity index (χ3v) is 3.87. The Bertz CT molecular complexity index is 551. The van der Waals surface area contributed by atoms with Gasteiger partial charge in [0.15, 0.2) is 0 Å². The fourth-order valence-corrected chi connectivity index (χ4v) is 2.37. The van der Waals surface area contributed by atoms with Crippen molar-refractivity contribution in [3.05, 3.63) is 57.5 Å². The van der Waals surface area contributed by atoms with Crippen molar-refractivity contribution in [2.24, 2.45) is 0 Å². The second-order valence-electron chi connectivity index (χ2n) is 4.66. The molecule has 1 aromatic carbocycles. The minimum atomic E-state index is 0.494. The van der Waals surface area contributed by atoms with Gasteiger partial charge in [-0.15, -0.1) is 0 Å². The summed E-state index contributed by atoms with van der Waals surface area (Å²) < 4.78 is 12.5. The Balaban J connectivity index is 1.87. The Morgan fingerprint density at radius 3 is 2.75 bits per heavy atom. The number of nitrogens with one attached hydrogen (secondary N) is 1. The molecule has 3 nitrogen and oxygen atoms in total. The SMILES string of the molecule is CCNCc1cc(COCc2ccccc2Br)oc1C. The summed E-state index contributed by atoms with van der Waals surface area (Å²) in [6, 6.07) is 10.1. The van der Waals surface area contributed by atoms with Crippen LogP contribution in [0.15, 0.2) is 39.2 Å². The standard InChI is InChI=1S/C16H20BrNO2/c1-3-18-9-14-8-15(20-12(14)2)11-19-10-13-6-4-5-7-16(13)17/h4-8,18H,3,9-11H2,1-2H3. The fourth-order valence-electron chi connectivity index (χ4n) is 1.97. The van der Waals surface area contributed by atoms with Crippen molar-refractivity contribution >= 4 is 15.9 Å². The zero-order valence-electron chi connectivity index (χ0n) is 11.9. The molecule has 0 saturated heterocycles. The van der Waals surface area contributed by atoms with Crippen LogP contribution in [-0.2, 0) is 24.5 Å². The van der Waals surface area contributed by atoms with Gasteiger partial charge in [-0.3, -0.25) is 0 Å². The summed E-state index contributed by atoms with van der Waals surface area (Å²) in [5.74, 6) is 1.84. The minimum Gasteiger partial charge on any atom is -0.464 e. The monoisotopic (exact) mass is 337 g/mol. The molecule has 0 radical (unpaired) electrons. The minimum absolute atomic E-state index is 0.494. The van der Waals surface area contributed by atoms with E-state index in [1.165, 1.54) is 5.56 Å². The van der Waals surface area contributed by atoms with Crippen molar-refractivity contribution in [1.82, 2.24) is 5.32 Å². The van der Waals surface area contributed by atoms with Crippen LogP contribution in [0.1, 0.15) is 29.6 Å². The van der Waals surface area contributed by atoms with E-state index in [0.717, 1.165) is 34.6 Å². The van der Waals surface area contributed by atoms with Gasteiger partial charge in [-0.1, -0.05) is 41.1 Å². The molecular formula is C16H20BrNO2. The van der Waals surface area contributed by atoms with Crippen LogP contribution in [0, 0.1) is 6.92 Å². The number of aryl methyl sites for hydroxylation is 1. The normalized spacial score (nSPS) is 10.9. The zero-order chi connectivity index (χ0) is 14.4. The first kappa shape index (κ1) is 15.3. The Morgan fingerprint density at radius 2 is 2.00 bits per heavy atom. The predicted molar refractivity (Wildman–Crippen MR) is 83.5 cm³/mol. The van der Waals surface area contributed by atoms with Crippen LogP contribution in [0.4, 0.5) is 0 Å². The smallest absolute Gasteiger partial charge is 0.130 e. The maximum absolute atomic E-state index is 5.72. The molecule has 0 aliphatic carbocycles. The molecule has 0 aliphatic rings. The Labute approximate surface area is 128 Å². The predicted octanol–water partition coefficient (Wildman–Crippen LogP) is 4.18. The van der Waals surface area contributed by atoms with E-state index < -0.39 is 0 Å². The van der Waals surface area contributed by atoms with Crippen LogP contribution >= 0.6 is 15.9 Å². The summed E-state index contributed by atoms with van der Waals surface area (Å²) in [7, 11) is 0. The van der Waals surface area contributed by atoms with E-state index in [4.69, 9.17) is 9.15 Å². The molecule has 2 aromatic rings. The Hall–Kier alpha value is -1.10. The molecule has 1 aromatic heterocycles. The van der Waals surface area contributed by atoms with Crippen molar-refractivity contribution in [1.29, 1.82) is 0 Å². The summed E-state index contributed by atoms with van der Waals surface area (Å²) in [6.07, 6.45) is 0. The highest BCUT2D eigenvalue weighted by Crippen LogP contribution is 2.19. The van der Waals surface area contributed by atoms with Gasteiger partial charge in [0.2, 0.25) is 0 Å². The lowest BCUT2D eigenvalue weighted by atomic mass is 10.2. The first-order valence-corrected chi connectivity index (χ1v) is 7.60. The number of ether oxygens (including phenoxy) is 1. The third-order valence-electron chi connectivity index (χ3n) is 3.10. The lowest BCUT2D eigenvalue weighted by molar-refractivity contribution is 0.0920. The molecule has 0 saturated carbocycles. The summed E-state index contributed by atoms with van der Waals surface area (Å²) in [5, 5.41) is 3.30.